The lowest BCUT2D eigenvalue weighted by atomic mass is 9.44. The number of hydrogen-bond donors (Lipinski definition) is 4. The van der Waals surface area contributed by atoms with Gasteiger partial charge in [0.2, 0.25) is 11.9 Å². The van der Waals surface area contributed by atoms with Crippen LogP contribution in [0.15, 0.2) is 175 Å². The number of nitro benzene ring substituents is 1. The largest absolute Gasteiger partial charge is 0.461 e. The fourth-order valence-electron chi connectivity index (χ4n) is 13.9. The molecule has 3 aliphatic carbocycles. The standard InChI is InChI=1S/C74H77N3O20/c1-43-55(39-74(87)65(96-67(84)51-27-19-12-20-28-51)63-72(8,56(80)38-57-73(63,42-91-57)97-45(3)79)64(82)61(92-44(2)78)59(43)71(74,6)7)94-68(85)62(60(49-23-15-10-16-24-49)76-66(83)50-25-17-11-18-26-50)95-69(86)75-41-70(4,5)36-35-58(81)90-40-46-29-34-53(77(88)89)54(37-46)93-52-32-30-48(31-33-52)47-21-13-9-14-22-47/h9-34,37,55-57,60-63,65,80,87H,35-36,38-42H2,1-8H3,(H,75,86)(H,76,83)/t55-,56-,57+,60-,61+,62+,63-,65-,72+,73-,74+/m0/s1. The highest BCUT2D eigenvalue weighted by atomic mass is 16.6. The number of nitrogens with zero attached hydrogens (tertiary/aromatic N) is 1. The number of esters is 5. The van der Waals surface area contributed by atoms with E-state index in [2.05, 4.69) is 10.6 Å². The number of benzene rings is 6. The fraction of sp³-hybridized carbons (Fsp3) is 0.378. The van der Waals surface area contributed by atoms with Gasteiger partial charge in [-0.25, -0.2) is 14.4 Å². The van der Waals surface area contributed by atoms with E-state index < -0.39 is 135 Å². The predicted molar refractivity (Wildman–Crippen MR) is 348 cm³/mol. The number of alkyl carbamates (subject to hydrolysis) is 1. The van der Waals surface area contributed by atoms with Crippen LogP contribution in [0, 0.1) is 32.3 Å². The molecule has 1 heterocycles. The number of ketones is 1. The van der Waals surface area contributed by atoms with E-state index in [0.29, 0.717) is 11.3 Å². The Morgan fingerprint density at radius 1 is 0.773 bits per heavy atom. The summed E-state index contributed by atoms with van der Waals surface area (Å²) in [7, 11) is 0. The smallest absolute Gasteiger partial charge is 0.408 e. The molecular formula is C74H77N3O20. The summed E-state index contributed by atoms with van der Waals surface area (Å²) in [6.07, 6.45) is -12.6. The van der Waals surface area contributed by atoms with Crippen LogP contribution in [0.2, 0.25) is 0 Å². The number of aliphatic hydroxyl groups is 2. The minimum absolute atomic E-state index is 0.00983. The van der Waals surface area contributed by atoms with Crippen LogP contribution in [-0.4, -0.2) is 124 Å². The Balaban J connectivity index is 0.931. The molecular weight excluding hydrogens is 1250 g/mol. The highest BCUT2D eigenvalue weighted by Crippen LogP contribution is 2.64. The molecule has 10 rings (SSSR count). The quantitative estimate of drug-likeness (QED) is 0.0161. The number of fused-ring (bicyclic) bond motifs is 5. The van der Waals surface area contributed by atoms with E-state index in [4.69, 9.17) is 37.9 Å². The number of carbonyl (C=O) groups is 8. The third-order valence-corrected chi connectivity index (χ3v) is 19.2. The number of aliphatic hydroxyl groups excluding tert-OH is 1. The van der Waals surface area contributed by atoms with Crippen molar-refractivity contribution in [1.29, 1.82) is 0 Å². The summed E-state index contributed by atoms with van der Waals surface area (Å²) in [6, 6.07) is 43.0. The maximum absolute atomic E-state index is 15.9. The number of rotatable bonds is 22. The lowest BCUT2D eigenvalue weighted by Crippen LogP contribution is -2.82. The molecule has 2 amide bonds. The van der Waals surface area contributed by atoms with Crippen molar-refractivity contribution in [3.63, 3.8) is 0 Å². The summed E-state index contributed by atoms with van der Waals surface area (Å²) in [5.74, 6) is -7.74. The van der Waals surface area contributed by atoms with Crippen molar-refractivity contribution in [3.8, 4) is 22.6 Å². The van der Waals surface area contributed by atoms with Crippen molar-refractivity contribution in [1.82, 2.24) is 10.6 Å². The third kappa shape index (κ3) is 14.4. The second-order valence-electron chi connectivity index (χ2n) is 26.5. The van der Waals surface area contributed by atoms with E-state index in [1.165, 1.54) is 70.2 Å². The van der Waals surface area contributed by atoms with Crippen LogP contribution in [0.3, 0.4) is 0 Å². The number of ether oxygens (including phenoxy) is 8. The Hall–Kier alpha value is -10.1. The lowest BCUT2D eigenvalue weighted by Gasteiger charge is -2.67. The Morgan fingerprint density at radius 2 is 1.38 bits per heavy atom. The SMILES string of the molecule is CC(=O)O[C@H]1C(=O)[C@@]2(C)[C@H]([C@H](OC(=O)c3ccccc3)[C@]3(O)C[C@H](OC(=O)[C@H](OC(=O)NCC(C)(C)CCC(=O)OCc4ccc([N+](=O)[O-])c(Oc5ccc(-c6ccccc6)cc5)c4)[C@@H](NC(=O)c4ccccc4)c4ccccc4)C(C)=C1C3(C)C)[C@]1(OC(C)=O)CO[C@@H]1C[C@@H]2O. The summed E-state index contributed by atoms with van der Waals surface area (Å²) in [4.78, 5) is 127. The normalized spacial score (nSPS) is 24.5. The monoisotopic (exact) mass is 1330 g/mol. The zero-order valence-corrected chi connectivity index (χ0v) is 54.8. The topological polar surface area (TPSA) is 318 Å². The van der Waals surface area contributed by atoms with Crippen molar-refractivity contribution in [3.05, 3.63) is 207 Å². The van der Waals surface area contributed by atoms with Gasteiger partial charge in [-0.2, -0.15) is 0 Å². The van der Waals surface area contributed by atoms with Crippen molar-refractivity contribution in [2.75, 3.05) is 13.2 Å². The number of carbonyl (C=O) groups excluding carboxylic acids is 8. The van der Waals surface area contributed by atoms with Gasteiger partial charge in [-0.15, -0.1) is 0 Å². The van der Waals surface area contributed by atoms with E-state index in [0.717, 1.165) is 25.0 Å². The van der Waals surface area contributed by atoms with Crippen molar-refractivity contribution in [2.45, 2.75) is 142 Å². The summed E-state index contributed by atoms with van der Waals surface area (Å²) in [5, 5.41) is 44.1. The van der Waals surface area contributed by atoms with Crippen LogP contribution in [0.4, 0.5) is 10.5 Å². The van der Waals surface area contributed by atoms with Crippen LogP contribution < -0.4 is 15.4 Å². The molecule has 23 nitrogen and oxygen atoms in total. The summed E-state index contributed by atoms with van der Waals surface area (Å²) in [5.41, 5.74) is -6.85. The zero-order chi connectivity index (χ0) is 69.8. The Bertz CT molecular complexity index is 4000. The maximum Gasteiger partial charge on any atom is 0.408 e. The molecule has 0 unspecified atom stereocenters. The first-order valence-corrected chi connectivity index (χ1v) is 31.8. The molecule has 1 aliphatic heterocycles. The molecule has 0 aromatic heterocycles. The van der Waals surface area contributed by atoms with E-state index in [9.17, 15) is 49.1 Å². The molecule has 0 radical (unpaired) electrons. The van der Waals surface area contributed by atoms with Crippen LogP contribution in [0.25, 0.3) is 11.1 Å². The third-order valence-electron chi connectivity index (χ3n) is 19.2. The molecule has 0 spiro atoms. The molecule has 6 aromatic carbocycles. The summed E-state index contributed by atoms with van der Waals surface area (Å²) in [6.45, 7) is 10.8. The number of nitro groups is 1. The fourth-order valence-corrected chi connectivity index (χ4v) is 13.9. The molecule has 4 aliphatic rings. The minimum atomic E-state index is -2.54. The molecule has 3 fully saturated rings. The van der Waals surface area contributed by atoms with Crippen LogP contribution in [0.5, 0.6) is 11.5 Å². The average Bonchev–Trinajstić information content (AvgIpc) is 0.669. The number of Topliss-reactive ketones (excluding diaryl/α,β-unsaturated/α-hetero) is 1. The van der Waals surface area contributed by atoms with Gasteiger partial charge >= 0.3 is 41.6 Å². The number of hydrogen-bond acceptors (Lipinski definition) is 20. The van der Waals surface area contributed by atoms with Crippen molar-refractivity contribution < 1.29 is 91.4 Å². The first-order chi connectivity index (χ1) is 46.1. The first kappa shape index (κ1) is 69.7. The van der Waals surface area contributed by atoms with E-state index in [-0.39, 0.29) is 78.3 Å². The van der Waals surface area contributed by atoms with Gasteiger partial charge in [0, 0.05) is 56.7 Å². The molecule has 2 bridgehead atoms. The molecule has 6 aromatic rings. The van der Waals surface area contributed by atoms with Gasteiger partial charge in [-0.05, 0) is 108 Å². The van der Waals surface area contributed by atoms with Gasteiger partial charge in [0.15, 0.2) is 17.5 Å². The van der Waals surface area contributed by atoms with E-state index in [1.807, 2.05) is 42.5 Å². The minimum Gasteiger partial charge on any atom is -0.461 e. The van der Waals surface area contributed by atoms with E-state index >= 15 is 9.59 Å². The van der Waals surface area contributed by atoms with E-state index in [1.54, 1.807) is 92.7 Å². The Morgan fingerprint density at radius 3 is 1.98 bits per heavy atom. The molecule has 508 valence electrons. The lowest BCUT2D eigenvalue weighted by molar-refractivity contribution is -0.385. The van der Waals surface area contributed by atoms with Gasteiger partial charge < -0.3 is 58.7 Å². The Labute approximate surface area is 559 Å². The molecule has 1 saturated heterocycles. The highest BCUT2D eigenvalue weighted by molar-refractivity contribution is 5.96. The second-order valence-corrected chi connectivity index (χ2v) is 26.5. The van der Waals surface area contributed by atoms with Crippen LogP contribution in [0.1, 0.15) is 119 Å². The summed E-state index contributed by atoms with van der Waals surface area (Å²) < 4.78 is 48.8. The molecule has 11 atom stereocenters. The predicted octanol–water partition coefficient (Wildman–Crippen LogP) is 10.4. The first-order valence-electron chi connectivity index (χ1n) is 31.8. The second kappa shape index (κ2) is 28.3. The van der Waals surface area contributed by atoms with Gasteiger partial charge in [-0.1, -0.05) is 137 Å². The highest BCUT2D eigenvalue weighted by Gasteiger charge is 2.78. The molecule has 2 saturated carbocycles. The van der Waals surface area contributed by atoms with Crippen LogP contribution in [-0.2, 0) is 63.7 Å². The van der Waals surface area contributed by atoms with Gasteiger partial charge in [0.05, 0.1) is 34.5 Å². The molecule has 97 heavy (non-hydrogen) atoms. The van der Waals surface area contributed by atoms with Gasteiger partial charge in [0.1, 0.15) is 42.3 Å². The Kier molecular flexibility index (Phi) is 20.3. The number of amides is 2. The summed E-state index contributed by atoms with van der Waals surface area (Å²) >= 11 is 0. The zero-order valence-electron chi connectivity index (χ0n) is 54.8. The van der Waals surface area contributed by atoms with Crippen molar-refractivity contribution >= 4 is 53.3 Å². The molecule has 23 heteroatoms. The maximum atomic E-state index is 15.9. The van der Waals surface area contributed by atoms with Gasteiger partial charge in [-0.3, -0.25) is 34.1 Å². The van der Waals surface area contributed by atoms with Crippen molar-refractivity contribution in [2.24, 2.45) is 22.2 Å². The number of nitrogens with one attached hydrogen (secondary N) is 2. The molecule has 4 N–H and O–H groups in total. The van der Waals surface area contributed by atoms with Gasteiger partial charge in [0.25, 0.3) is 5.91 Å². The average molecular weight is 1330 g/mol. The van der Waals surface area contributed by atoms with Crippen LogP contribution >= 0.6 is 0 Å².